The molecule has 2 fully saturated rings. The normalized spacial score (nSPS) is 35.8. The van der Waals surface area contributed by atoms with E-state index in [1.165, 1.54) is 63.4 Å². The summed E-state index contributed by atoms with van der Waals surface area (Å²) in [7, 11) is 3.66. The minimum Gasteiger partial charge on any atom is -0.497 e. The molecule has 3 aliphatic carbocycles. The van der Waals surface area contributed by atoms with Crippen LogP contribution in [-0.4, -0.2) is 20.3 Å². The molecule has 24 heavy (non-hydrogen) atoms. The molecule has 5 atom stereocenters. The van der Waals surface area contributed by atoms with Crippen LogP contribution in [-0.2, 0) is 17.6 Å². The maximum absolute atomic E-state index is 5.63. The van der Waals surface area contributed by atoms with Crippen molar-refractivity contribution in [1.82, 2.24) is 0 Å². The second-order valence-corrected chi connectivity index (χ2v) is 8.40. The van der Waals surface area contributed by atoms with Gasteiger partial charge in [0.05, 0.1) is 13.2 Å². The molecule has 0 bridgehead atoms. The minimum atomic E-state index is 0.541. The fourth-order valence-corrected chi connectivity index (χ4v) is 5.81. The van der Waals surface area contributed by atoms with Crippen LogP contribution in [0.5, 0.6) is 5.75 Å². The molecule has 4 rings (SSSR count). The second kappa shape index (κ2) is 7.07. The molecule has 3 aliphatic rings. The number of aryl methyl sites for hydroxylation is 1. The Balaban J connectivity index is 1.39. The summed E-state index contributed by atoms with van der Waals surface area (Å²) in [6.45, 7) is 0. The zero-order valence-electron chi connectivity index (χ0n) is 15.3. The van der Waals surface area contributed by atoms with Gasteiger partial charge in [0.2, 0.25) is 0 Å². The van der Waals surface area contributed by atoms with Gasteiger partial charge in [-0.05, 0) is 105 Å². The standard InChI is InChI=1S/C22H32O2/c1-23-21-9-7-17-11-15(3-5-19(17)13-21)16-4-6-20-14-22(24-2)10-8-18(20)12-16/h7,9,13,15-16,18,20,22H,3-6,8,10-12,14H2,1-2H3. The minimum absolute atomic E-state index is 0.541. The van der Waals surface area contributed by atoms with Crippen LogP contribution >= 0.6 is 0 Å². The summed E-state index contributed by atoms with van der Waals surface area (Å²) in [5.41, 5.74) is 3.11. The highest BCUT2D eigenvalue weighted by Crippen LogP contribution is 2.47. The third kappa shape index (κ3) is 3.22. The Kier molecular flexibility index (Phi) is 4.85. The first kappa shape index (κ1) is 16.4. The van der Waals surface area contributed by atoms with E-state index in [9.17, 15) is 0 Å². The molecule has 2 nitrogen and oxygen atoms in total. The van der Waals surface area contributed by atoms with Crippen molar-refractivity contribution in [3.05, 3.63) is 29.3 Å². The average molecular weight is 328 g/mol. The van der Waals surface area contributed by atoms with Crippen molar-refractivity contribution in [3.63, 3.8) is 0 Å². The van der Waals surface area contributed by atoms with E-state index in [2.05, 4.69) is 18.2 Å². The molecule has 0 N–H and O–H groups in total. The van der Waals surface area contributed by atoms with Crippen molar-refractivity contribution in [2.24, 2.45) is 23.7 Å². The highest BCUT2D eigenvalue weighted by Gasteiger charge is 2.38. The van der Waals surface area contributed by atoms with Gasteiger partial charge in [-0.25, -0.2) is 0 Å². The van der Waals surface area contributed by atoms with Crippen LogP contribution in [0.2, 0.25) is 0 Å². The molecule has 0 aliphatic heterocycles. The lowest BCUT2D eigenvalue weighted by Gasteiger charge is -2.44. The van der Waals surface area contributed by atoms with Crippen LogP contribution in [0.25, 0.3) is 0 Å². The Hall–Kier alpha value is -1.02. The van der Waals surface area contributed by atoms with E-state index in [4.69, 9.17) is 9.47 Å². The monoisotopic (exact) mass is 328 g/mol. The second-order valence-electron chi connectivity index (χ2n) is 8.40. The topological polar surface area (TPSA) is 18.5 Å². The van der Waals surface area contributed by atoms with Gasteiger partial charge in [-0.15, -0.1) is 0 Å². The highest BCUT2D eigenvalue weighted by molar-refractivity contribution is 5.37. The maximum atomic E-state index is 5.63. The average Bonchev–Trinajstić information content (AvgIpc) is 2.66. The van der Waals surface area contributed by atoms with Crippen LogP contribution in [0, 0.1) is 23.7 Å². The number of hydrogen-bond acceptors (Lipinski definition) is 2. The Morgan fingerprint density at radius 1 is 0.792 bits per heavy atom. The Morgan fingerprint density at radius 2 is 1.54 bits per heavy atom. The van der Waals surface area contributed by atoms with Crippen molar-refractivity contribution < 1.29 is 9.47 Å². The van der Waals surface area contributed by atoms with Crippen LogP contribution in [0.4, 0.5) is 0 Å². The first-order valence-electron chi connectivity index (χ1n) is 9.95. The molecule has 0 radical (unpaired) electrons. The largest absolute Gasteiger partial charge is 0.497 e. The van der Waals surface area contributed by atoms with Gasteiger partial charge in [0, 0.05) is 7.11 Å². The molecular weight excluding hydrogens is 296 g/mol. The number of benzene rings is 1. The van der Waals surface area contributed by atoms with Gasteiger partial charge < -0.3 is 9.47 Å². The summed E-state index contributed by atoms with van der Waals surface area (Å²) < 4.78 is 11.0. The van der Waals surface area contributed by atoms with Crippen molar-refractivity contribution in [3.8, 4) is 5.75 Å². The summed E-state index contributed by atoms with van der Waals surface area (Å²) in [5, 5.41) is 0. The number of hydrogen-bond donors (Lipinski definition) is 0. The lowest BCUT2D eigenvalue weighted by molar-refractivity contribution is -0.000900. The molecule has 0 saturated heterocycles. The zero-order chi connectivity index (χ0) is 16.5. The van der Waals surface area contributed by atoms with Gasteiger partial charge in [-0.3, -0.25) is 0 Å². The van der Waals surface area contributed by atoms with Crippen LogP contribution < -0.4 is 4.74 Å². The maximum Gasteiger partial charge on any atom is 0.119 e. The molecule has 2 heteroatoms. The van der Waals surface area contributed by atoms with E-state index in [1.807, 2.05) is 7.11 Å². The number of ether oxygens (including phenoxy) is 2. The van der Waals surface area contributed by atoms with E-state index in [-0.39, 0.29) is 0 Å². The summed E-state index contributed by atoms with van der Waals surface area (Å²) >= 11 is 0. The number of fused-ring (bicyclic) bond motifs is 2. The predicted molar refractivity (Wildman–Crippen MR) is 97.5 cm³/mol. The van der Waals surface area contributed by atoms with E-state index in [0.717, 1.165) is 29.4 Å². The van der Waals surface area contributed by atoms with Gasteiger partial charge in [0.15, 0.2) is 0 Å². The molecule has 0 heterocycles. The summed E-state index contributed by atoms with van der Waals surface area (Å²) in [6.07, 6.45) is 12.9. The SMILES string of the molecule is COc1ccc2c(c1)CCC(C1CCC3CC(OC)CCC3C1)C2. The van der Waals surface area contributed by atoms with Crippen LogP contribution in [0.15, 0.2) is 18.2 Å². The quantitative estimate of drug-likeness (QED) is 0.774. The van der Waals surface area contributed by atoms with Crippen LogP contribution in [0.1, 0.15) is 56.1 Å². The number of methoxy groups -OCH3 is 2. The first-order valence-corrected chi connectivity index (χ1v) is 9.95. The van der Waals surface area contributed by atoms with Gasteiger partial charge >= 0.3 is 0 Å². The fraction of sp³-hybridized carbons (Fsp3) is 0.727. The lowest BCUT2D eigenvalue weighted by atomic mass is 9.62. The predicted octanol–water partition coefficient (Wildman–Crippen LogP) is 5.03. The highest BCUT2D eigenvalue weighted by atomic mass is 16.5. The smallest absolute Gasteiger partial charge is 0.119 e. The van der Waals surface area contributed by atoms with E-state index < -0.39 is 0 Å². The third-order valence-electron chi connectivity index (χ3n) is 7.29. The van der Waals surface area contributed by atoms with E-state index in [1.54, 1.807) is 12.7 Å². The molecule has 0 amide bonds. The molecule has 132 valence electrons. The van der Waals surface area contributed by atoms with Gasteiger partial charge in [0.1, 0.15) is 5.75 Å². The molecule has 5 unspecified atom stereocenters. The Morgan fingerprint density at radius 3 is 2.33 bits per heavy atom. The van der Waals surface area contributed by atoms with Crippen molar-refractivity contribution >= 4 is 0 Å². The fourth-order valence-electron chi connectivity index (χ4n) is 5.81. The van der Waals surface area contributed by atoms with E-state index in [0.29, 0.717) is 6.10 Å². The lowest BCUT2D eigenvalue weighted by Crippen LogP contribution is -2.36. The Labute approximate surface area is 146 Å². The molecular formula is C22H32O2. The van der Waals surface area contributed by atoms with Gasteiger partial charge in [0.25, 0.3) is 0 Å². The van der Waals surface area contributed by atoms with Gasteiger partial charge in [-0.1, -0.05) is 6.07 Å². The third-order valence-corrected chi connectivity index (χ3v) is 7.29. The first-order chi connectivity index (χ1) is 11.8. The zero-order valence-corrected chi connectivity index (χ0v) is 15.3. The van der Waals surface area contributed by atoms with Crippen molar-refractivity contribution in [2.75, 3.05) is 14.2 Å². The van der Waals surface area contributed by atoms with Crippen molar-refractivity contribution in [1.29, 1.82) is 0 Å². The molecule has 2 saturated carbocycles. The number of rotatable bonds is 3. The summed E-state index contributed by atoms with van der Waals surface area (Å²) in [4.78, 5) is 0. The van der Waals surface area contributed by atoms with Crippen molar-refractivity contribution in [2.45, 2.75) is 63.9 Å². The Bertz CT molecular complexity index is 567. The van der Waals surface area contributed by atoms with Gasteiger partial charge in [-0.2, -0.15) is 0 Å². The molecule has 0 spiro atoms. The molecule has 0 aromatic heterocycles. The summed E-state index contributed by atoms with van der Waals surface area (Å²) in [5.74, 6) is 4.81. The van der Waals surface area contributed by atoms with E-state index >= 15 is 0 Å². The summed E-state index contributed by atoms with van der Waals surface area (Å²) in [6, 6.07) is 6.72. The van der Waals surface area contributed by atoms with Crippen LogP contribution in [0.3, 0.4) is 0 Å². The molecule has 1 aromatic rings. The molecule has 1 aromatic carbocycles.